The minimum absolute atomic E-state index is 0.0583. The van der Waals surface area contributed by atoms with Crippen molar-refractivity contribution in [2.75, 3.05) is 23.3 Å². The predicted octanol–water partition coefficient (Wildman–Crippen LogP) is 2.13. The van der Waals surface area contributed by atoms with Gasteiger partial charge in [-0.25, -0.2) is 13.4 Å². The molecule has 0 unspecified atom stereocenters. The number of nitrogens with one attached hydrogen (secondary N) is 1. The summed E-state index contributed by atoms with van der Waals surface area (Å²) in [6.07, 6.45) is 1.45. The van der Waals surface area contributed by atoms with Gasteiger partial charge in [0.25, 0.3) is 5.56 Å². The smallest absolute Gasteiger partial charge is 0.262 e. The van der Waals surface area contributed by atoms with Crippen molar-refractivity contribution in [1.82, 2.24) is 9.55 Å². The summed E-state index contributed by atoms with van der Waals surface area (Å²) < 4.78 is 26.4. The number of para-hydroxylation sites is 1. The van der Waals surface area contributed by atoms with Crippen LogP contribution in [0, 0.1) is 0 Å². The first kappa shape index (κ1) is 22.0. The number of aromatic nitrogens is 2. The maximum atomic E-state index is 12.8. The predicted molar refractivity (Wildman–Crippen MR) is 118 cm³/mol. The standard InChI is InChI=1S/C20H21N3O5S2/c1-30(27,28)22-15-9-7-14(8-10-15)18(25)13-29-20-21-17-6-3-2-5-16(17)19(26)23(20)11-4-12-24/h2-3,5-10,22,24H,4,11-13H2,1H3. The van der Waals surface area contributed by atoms with E-state index in [4.69, 9.17) is 5.11 Å². The van der Waals surface area contributed by atoms with Gasteiger partial charge in [0.2, 0.25) is 10.0 Å². The van der Waals surface area contributed by atoms with Gasteiger partial charge in [-0.15, -0.1) is 0 Å². The summed E-state index contributed by atoms with van der Waals surface area (Å²) in [7, 11) is -3.39. The van der Waals surface area contributed by atoms with Crippen molar-refractivity contribution in [2.24, 2.45) is 0 Å². The molecule has 3 rings (SSSR count). The number of thioether (sulfide) groups is 1. The molecule has 0 amide bonds. The largest absolute Gasteiger partial charge is 0.396 e. The zero-order valence-corrected chi connectivity index (χ0v) is 17.9. The van der Waals surface area contributed by atoms with Gasteiger partial charge >= 0.3 is 0 Å². The van der Waals surface area contributed by atoms with Gasteiger partial charge in [0.15, 0.2) is 10.9 Å². The minimum atomic E-state index is -3.39. The normalized spacial score (nSPS) is 11.5. The first-order valence-corrected chi connectivity index (χ1v) is 12.0. The monoisotopic (exact) mass is 447 g/mol. The van der Waals surface area contributed by atoms with Crippen LogP contribution in [0.1, 0.15) is 16.8 Å². The van der Waals surface area contributed by atoms with E-state index in [0.29, 0.717) is 40.3 Å². The van der Waals surface area contributed by atoms with E-state index in [0.717, 1.165) is 18.0 Å². The van der Waals surface area contributed by atoms with Crippen LogP contribution in [0.15, 0.2) is 58.5 Å². The van der Waals surface area contributed by atoms with Gasteiger partial charge < -0.3 is 5.11 Å². The molecule has 0 radical (unpaired) electrons. The SMILES string of the molecule is CS(=O)(=O)Nc1ccc(C(=O)CSc2nc3ccccc3c(=O)n2CCCO)cc1. The highest BCUT2D eigenvalue weighted by Gasteiger charge is 2.14. The molecular formula is C20H21N3O5S2. The first-order chi connectivity index (χ1) is 14.3. The molecule has 1 aromatic heterocycles. The highest BCUT2D eigenvalue weighted by molar-refractivity contribution is 7.99. The number of hydrogen-bond acceptors (Lipinski definition) is 7. The Hall–Kier alpha value is -2.69. The Morgan fingerprint density at radius 2 is 1.87 bits per heavy atom. The van der Waals surface area contributed by atoms with E-state index >= 15 is 0 Å². The fourth-order valence-corrected chi connectivity index (χ4v) is 4.32. The lowest BCUT2D eigenvalue weighted by atomic mass is 10.1. The van der Waals surface area contributed by atoms with Crippen molar-refractivity contribution in [2.45, 2.75) is 18.1 Å². The van der Waals surface area contributed by atoms with Crippen LogP contribution < -0.4 is 10.3 Å². The highest BCUT2D eigenvalue weighted by atomic mass is 32.2. The summed E-state index contributed by atoms with van der Waals surface area (Å²) >= 11 is 1.15. The molecule has 10 heteroatoms. The van der Waals surface area contributed by atoms with Gasteiger partial charge in [-0.05, 0) is 42.8 Å². The highest BCUT2D eigenvalue weighted by Crippen LogP contribution is 2.20. The van der Waals surface area contributed by atoms with Crippen molar-refractivity contribution in [1.29, 1.82) is 0 Å². The topological polar surface area (TPSA) is 118 Å². The van der Waals surface area contributed by atoms with Gasteiger partial charge in [-0.1, -0.05) is 23.9 Å². The fourth-order valence-electron chi connectivity index (χ4n) is 2.84. The number of hydrogen-bond donors (Lipinski definition) is 2. The van der Waals surface area contributed by atoms with Crippen LogP contribution in [0.4, 0.5) is 5.69 Å². The van der Waals surface area contributed by atoms with Crippen LogP contribution in [0.3, 0.4) is 0 Å². The van der Waals surface area contributed by atoms with Gasteiger partial charge in [0, 0.05) is 24.4 Å². The lowest BCUT2D eigenvalue weighted by molar-refractivity contribution is 0.102. The van der Waals surface area contributed by atoms with E-state index in [1.165, 1.54) is 16.7 Å². The molecule has 0 aliphatic rings. The van der Waals surface area contributed by atoms with Gasteiger partial charge in [-0.2, -0.15) is 0 Å². The Kier molecular flexibility index (Phi) is 6.91. The van der Waals surface area contributed by atoms with Crippen molar-refractivity contribution < 1.29 is 18.3 Å². The molecule has 0 atom stereocenters. The Bertz CT molecular complexity index is 1220. The Morgan fingerprint density at radius 1 is 1.17 bits per heavy atom. The third-order valence-corrected chi connectivity index (χ3v) is 5.79. The summed E-state index contributed by atoms with van der Waals surface area (Å²) in [5, 5.41) is 10.0. The average molecular weight is 448 g/mol. The zero-order chi connectivity index (χ0) is 21.7. The van der Waals surface area contributed by atoms with Crippen molar-refractivity contribution >= 4 is 44.2 Å². The maximum absolute atomic E-state index is 12.8. The summed E-state index contributed by atoms with van der Waals surface area (Å²) in [6.45, 7) is 0.242. The third kappa shape index (κ3) is 5.47. The quantitative estimate of drug-likeness (QED) is 0.293. The van der Waals surface area contributed by atoms with Crippen molar-refractivity contribution in [3.8, 4) is 0 Å². The van der Waals surface area contributed by atoms with E-state index in [-0.39, 0.29) is 23.7 Å². The molecule has 0 aliphatic heterocycles. The van der Waals surface area contributed by atoms with Gasteiger partial charge in [0.1, 0.15) is 0 Å². The van der Waals surface area contributed by atoms with Crippen LogP contribution in [0.5, 0.6) is 0 Å². The van der Waals surface area contributed by atoms with E-state index in [1.54, 1.807) is 36.4 Å². The molecule has 2 N–H and O–H groups in total. The van der Waals surface area contributed by atoms with Gasteiger partial charge in [-0.3, -0.25) is 18.9 Å². The van der Waals surface area contributed by atoms with Crippen LogP contribution in [-0.2, 0) is 16.6 Å². The Morgan fingerprint density at radius 3 is 2.53 bits per heavy atom. The van der Waals surface area contributed by atoms with Crippen molar-refractivity contribution in [3.05, 3.63) is 64.4 Å². The second-order valence-corrected chi connectivity index (χ2v) is 9.30. The second-order valence-electron chi connectivity index (χ2n) is 6.61. The molecule has 0 bridgehead atoms. The number of nitrogens with zero attached hydrogens (tertiary/aromatic N) is 2. The first-order valence-electron chi connectivity index (χ1n) is 9.13. The summed E-state index contributed by atoms with van der Waals surface area (Å²) in [5.41, 5.74) is 1.14. The van der Waals surface area contributed by atoms with E-state index in [1.807, 2.05) is 0 Å². The number of benzene rings is 2. The molecule has 0 fully saturated rings. The molecule has 0 aliphatic carbocycles. The molecule has 8 nitrogen and oxygen atoms in total. The number of fused-ring (bicyclic) bond motifs is 1. The number of aliphatic hydroxyl groups is 1. The number of carbonyl (C=O) groups excluding carboxylic acids is 1. The molecular weight excluding hydrogens is 426 g/mol. The lowest BCUT2D eigenvalue weighted by Crippen LogP contribution is -2.24. The molecule has 2 aromatic carbocycles. The van der Waals surface area contributed by atoms with E-state index in [2.05, 4.69) is 9.71 Å². The number of sulfonamides is 1. The second kappa shape index (κ2) is 9.41. The lowest BCUT2D eigenvalue weighted by Gasteiger charge is -2.12. The van der Waals surface area contributed by atoms with E-state index in [9.17, 15) is 18.0 Å². The van der Waals surface area contributed by atoms with Gasteiger partial charge in [0.05, 0.1) is 22.9 Å². The van der Waals surface area contributed by atoms with E-state index < -0.39 is 10.0 Å². The number of aliphatic hydroxyl groups excluding tert-OH is 1. The molecule has 0 saturated carbocycles. The Labute approximate surface area is 178 Å². The summed E-state index contributed by atoms with van der Waals surface area (Å²) in [6, 6.07) is 13.1. The van der Waals surface area contributed by atoms with Crippen molar-refractivity contribution in [3.63, 3.8) is 0 Å². The number of carbonyl (C=O) groups is 1. The number of ketones is 1. The van der Waals surface area contributed by atoms with Crippen LogP contribution in [0.25, 0.3) is 10.9 Å². The number of anilines is 1. The summed E-state index contributed by atoms with van der Waals surface area (Å²) in [4.78, 5) is 29.9. The molecule has 0 spiro atoms. The number of Topliss-reactive ketones (excluding diaryl/α,β-unsaturated/α-hetero) is 1. The maximum Gasteiger partial charge on any atom is 0.262 e. The van der Waals surface area contributed by atoms with Crippen LogP contribution in [0.2, 0.25) is 0 Å². The molecule has 158 valence electrons. The zero-order valence-electron chi connectivity index (χ0n) is 16.2. The summed E-state index contributed by atoms with van der Waals surface area (Å²) in [5.74, 6) is -0.120. The average Bonchev–Trinajstić information content (AvgIpc) is 2.71. The Balaban J connectivity index is 1.80. The minimum Gasteiger partial charge on any atom is -0.396 e. The van der Waals surface area contributed by atoms with Crippen LogP contribution in [-0.4, -0.2) is 47.5 Å². The van der Waals surface area contributed by atoms with Crippen LogP contribution >= 0.6 is 11.8 Å². The molecule has 1 heterocycles. The molecule has 0 saturated heterocycles. The fraction of sp³-hybridized carbons (Fsp3) is 0.250. The molecule has 30 heavy (non-hydrogen) atoms. The molecule has 3 aromatic rings. The number of rotatable bonds is 9. The third-order valence-electron chi connectivity index (χ3n) is 4.21.